The van der Waals surface area contributed by atoms with Crippen molar-refractivity contribution in [3.8, 4) is 22.8 Å². The number of benzene rings is 1. The van der Waals surface area contributed by atoms with Gasteiger partial charge in [-0.2, -0.15) is 0 Å². The summed E-state index contributed by atoms with van der Waals surface area (Å²) >= 11 is 0. The van der Waals surface area contributed by atoms with E-state index in [0.717, 1.165) is 42.4 Å². The molecule has 2 aromatic rings. The van der Waals surface area contributed by atoms with Crippen molar-refractivity contribution in [2.45, 2.75) is 13.3 Å². The fraction of sp³-hybridized carbons (Fsp3) is 0.333. The van der Waals surface area contributed by atoms with E-state index in [2.05, 4.69) is 21.4 Å². The van der Waals surface area contributed by atoms with Crippen molar-refractivity contribution < 1.29 is 9.47 Å². The Labute approximate surface area is 118 Å². The smallest absolute Gasteiger partial charge is 0.187 e. The summed E-state index contributed by atoms with van der Waals surface area (Å²) < 4.78 is 11.0. The third-order valence-electron chi connectivity index (χ3n) is 3.32. The number of methoxy groups -OCH3 is 1. The minimum absolute atomic E-state index is 0.674. The number of ether oxygens (including phenoxy) is 2. The van der Waals surface area contributed by atoms with E-state index < -0.39 is 0 Å². The normalized spacial score (nSPS) is 12.7. The molecule has 20 heavy (non-hydrogen) atoms. The highest BCUT2D eigenvalue weighted by atomic mass is 16.5. The van der Waals surface area contributed by atoms with Crippen LogP contribution < -0.4 is 14.8 Å². The van der Waals surface area contributed by atoms with Crippen LogP contribution in [0.5, 0.6) is 11.5 Å². The van der Waals surface area contributed by atoms with Crippen LogP contribution in [0.15, 0.2) is 24.5 Å². The Morgan fingerprint density at radius 3 is 3.05 bits per heavy atom. The first-order chi connectivity index (χ1) is 9.83. The highest BCUT2D eigenvalue weighted by Gasteiger charge is 2.17. The summed E-state index contributed by atoms with van der Waals surface area (Å²) in [5.74, 6) is 2.36. The Kier molecular flexibility index (Phi) is 3.41. The molecule has 5 heteroatoms. The number of hydrogen-bond donors (Lipinski definition) is 1. The van der Waals surface area contributed by atoms with E-state index in [1.54, 1.807) is 13.4 Å². The topological polar surface area (TPSA) is 56.3 Å². The molecule has 1 aliphatic heterocycles. The second-order valence-electron chi connectivity index (χ2n) is 4.56. The molecular weight excluding hydrogens is 254 g/mol. The monoisotopic (exact) mass is 271 g/mol. The quantitative estimate of drug-likeness (QED) is 0.926. The summed E-state index contributed by atoms with van der Waals surface area (Å²) in [6.45, 7) is 3.56. The van der Waals surface area contributed by atoms with Crippen molar-refractivity contribution >= 4 is 5.82 Å². The van der Waals surface area contributed by atoms with E-state index in [1.165, 1.54) is 5.56 Å². The van der Waals surface area contributed by atoms with E-state index in [9.17, 15) is 0 Å². The summed E-state index contributed by atoms with van der Waals surface area (Å²) in [7, 11) is 1.64. The molecule has 1 aromatic heterocycles. The number of nitrogens with zero attached hydrogens (tertiary/aromatic N) is 2. The van der Waals surface area contributed by atoms with Crippen LogP contribution in [0.3, 0.4) is 0 Å². The molecule has 0 fully saturated rings. The van der Waals surface area contributed by atoms with Gasteiger partial charge < -0.3 is 14.8 Å². The van der Waals surface area contributed by atoms with Gasteiger partial charge in [0.2, 0.25) is 0 Å². The van der Waals surface area contributed by atoms with Crippen LogP contribution in [-0.2, 0) is 6.42 Å². The largest absolute Gasteiger partial charge is 0.493 e. The maximum atomic E-state index is 5.53. The Bertz CT molecular complexity index is 629. The fourth-order valence-electron chi connectivity index (χ4n) is 2.40. The lowest BCUT2D eigenvalue weighted by Crippen LogP contribution is -2.04. The summed E-state index contributed by atoms with van der Waals surface area (Å²) in [5.41, 5.74) is 3.04. The van der Waals surface area contributed by atoms with E-state index in [-0.39, 0.29) is 0 Å². The molecule has 104 valence electrons. The van der Waals surface area contributed by atoms with Crippen LogP contribution in [-0.4, -0.2) is 30.2 Å². The van der Waals surface area contributed by atoms with Crippen molar-refractivity contribution in [3.63, 3.8) is 0 Å². The molecule has 0 unspecified atom stereocenters. The van der Waals surface area contributed by atoms with Crippen LogP contribution in [0.25, 0.3) is 11.3 Å². The van der Waals surface area contributed by atoms with Crippen molar-refractivity contribution in [1.29, 1.82) is 0 Å². The zero-order valence-electron chi connectivity index (χ0n) is 11.6. The summed E-state index contributed by atoms with van der Waals surface area (Å²) in [5, 5.41) is 3.19. The third kappa shape index (κ3) is 2.15. The van der Waals surface area contributed by atoms with E-state index in [0.29, 0.717) is 5.75 Å². The molecule has 0 bridgehead atoms. The molecular formula is C15H17N3O2. The van der Waals surface area contributed by atoms with E-state index >= 15 is 0 Å². The number of nitrogens with one attached hydrogen (secondary N) is 1. The standard InChI is InChI=1S/C15H17N3O2/c1-3-16-15-14(19-2)13(17-9-18-15)11-4-5-12-10(8-11)6-7-20-12/h4-5,8-9H,3,6-7H2,1-2H3,(H,16,17,18). The zero-order valence-corrected chi connectivity index (χ0v) is 11.6. The Morgan fingerprint density at radius 1 is 1.35 bits per heavy atom. The molecule has 1 aromatic carbocycles. The average molecular weight is 271 g/mol. The van der Waals surface area contributed by atoms with Gasteiger partial charge >= 0.3 is 0 Å². The van der Waals surface area contributed by atoms with Crippen LogP contribution in [0.2, 0.25) is 0 Å². The van der Waals surface area contributed by atoms with Crippen molar-refractivity contribution in [2.75, 3.05) is 25.6 Å². The van der Waals surface area contributed by atoms with Crippen LogP contribution in [0, 0.1) is 0 Å². The summed E-state index contributed by atoms with van der Waals surface area (Å²) in [4.78, 5) is 8.60. The third-order valence-corrected chi connectivity index (χ3v) is 3.32. The van der Waals surface area contributed by atoms with Crippen LogP contribution in [0.1, 0.15) is 12.5 Å². The van der Waals surface area contributed by atoms with Crippen molar-refractivity contribution in [2.24, 2.45) is 0 Å². The van der Waals surface area contributed by atoms with Gasteiger partial charge in [-0.25, -0.2) is 9.97 Å². The number of aromatic nitrogens is 2. The number of rotatable bonds is 4. The van der Waals surface area contributed by atoms with Gasteiger partial charge in [-0.15, -0.1) is 0 Å². The number of fused-ring (bicyclic) bond motifs is 1. The Balaban J connectivity index is 2.07. The highest BCUT2D eigenvalue weighted by Crippen LogP contribution is 2.36. The molecule has 0 spiro atoms. The molecule has 0 atom stereocenters. The van der Waals surface area contributed by atoms with E-state index in [1.807, 2.05) is 19.1 Å². The molecule has 0 amide bonds. The van der Waals surface area contributed by atoms with Crippen molar-refractivity contribution in [3.05, 3.63) is 30.1 Å². The first kappa shape index (κ1) is 12.7. The summed E-state index contributed by atoms with van der Waals surface area (Å²) in [6, 6.07) is 6.11. The predicted octanol–water partition coefficient (Wildman–Crippen LogP) is 2.52. The molecule has 0 radical (unpaired) electrons. The molecule has 3 rings (SSSR count). The maximum Gasteiger partial charge on any atom is 0.187 e. The van der Waals surface area contributed by atoms with Gasteiger partial charge in [-0.1, -0.05) is 0 Å². The first-order valence-electron chi connectivity index (χ1n) is 6.72. The fourth-order valence-corrected chi connectivity index (χ4v) is 2.40. The number of anilines is 1. The number of hydrogen-bond acceptors (Lipinski definition) is 5. The summed E-state index contributed by atoms with van der Waals surface area (Å²) in [6.07, 6.45) is 2.50. The molecule has 1 aliphatic rings. The van der Waals surface area contributed by atoms with Gasteiger partial charge in [0.15, 0.2) is 11.6 Å². The van der Waals surface area contributed by atoms with Crippen molar-refractivity contribution in [1.82, 2.24) is 9.97 Å². The second-order valence-corrected chi connectivity index (χ2v) is 4.56. The van der Waals surface area contributed by atoms with Crippen LogP contribution >= 0.6 is 0 Å². The SMILES string of the molecule is CCNc1ncnc(-c2ccc3c(c2)CCO3)c1OC. The molecule has 0 saturated heterocycles. The Hall–Kier alpha value is -2.30. The minimum Gasteiger partial charge on any atom is -0.493 e. The Morgan fingerprint density at radius 2 is 2.25 bits per heavy atom. The predicted molar refractivity (Wildman–Crippen MR) is 77.4 cm³/mol. The molecule has 5 nitrogen and oxygen atoms in total. The van der Waals surface area contributed by atoms with Gasteiger partial charge in [0.25, 0.3) is 0 Å². The molecule has 0 aliphatic carbocycles. The molecule has 2 heterocycles. The van der Waals surface area contributed by atoms with Crippen LogP contribution in [0.4, 0.5) is 5.82 Å². The van der Waals surface area contributed by atoms with Gasteiger partial charge in [-0.3, -0.25) is 0 Å². The van der Waals surface area contributed by atoms with Gasteiger partial charge in [-0.05, 0) is 30.7 Å². The highest BCUT2D eigenvalue weighted by molar-refractivity contribution is 5.73. The lowest BCUT2D eigenvalue weighted by Gasteiger charge is -2.12. The van der Waals surface area contributed by atoms with Gasteiger partial charge in [0.1, 0.15) is 17.8 Å². The first-order valence-corrected chi connectivity index (χ1v) is 6.72. The maximum absolute atomic E-state index is 5.53. The molecule has 0 saturated carbocycles. The minimum atomic E-state index is 0.674. The van der Waals surface area contributed by atoms with E-state index in [4.69, 9.17) is 9.47 Å². The lowest BCUT2D eigenvalue weighted by atomic mass is 10.1. The lowest BCUT2D eigenvalue weighted by molar-refractivity contribution is 0.357. The van der Waals surface area contributed by atoms with Gasteiger partial charge in [0.05, 0.1) is 13.7 Å². The second kappa shape index (κ2) is 5.36. The van der Waals surface area contributed by atoms with Gasteiger partial charge in [0, 0.05) is 18.5 Å². The molecule has 1 N–H and O–H groups in total. The average Bonchev–Trinajstić information content (AvgIpc) is 2.94. The zero-order chi connectivity index (χ0) is 13.9.